The van der Waals surface area contributed by atoms with Crippen molar-refractivity contribution in [3.63, 3.8) is 0 Å². The average molecular weight is 623 g/mol. The number of carbonyl (C=O) groups is 3. The van der Waals surface area contributed by atoms with E-state index in [2.05, 4.69) is 4.98 Å². The van der Waals surface area contributed by atoms with Gasteiger partial charge < -0.3 is 28.7 Å². The van der Waals surface area contributed by atoms with Crippen molar-refractivity contribution in [2.45, 2.75) is 60.7 Å². The maximum atomic E-state index is 13.8. The largest absolute Gasteiger partial charge is 0.455 e. The standard InChI is InChI=1S/C24H35N2O9PS3/c1-14(2)33-22(28)37-12-10-31-36(30,32-11-13-38-23(29)34-15(3)4)17-9-8-16(35-17)18-19(39-21(25)26-18)20(27)24(5,6)7/h8-9,14-15H,10-13H2,1-7H3,(H2,25,26). The van der Waals surface area contributed by atoms with Gasteiger partial charge in [-0.25, -0.2) is 14.6 Å². The highest BCUT2D eigenvalue weighted by Gasteiger charge is 2.34. The molecule has 218 valence electrons. The Hall–Kier alpha value is -1.83. The molecule has 0 aliphatic heterocycles. The highest BCUT2D eigenvalue weighted by atomic mass is 32.2. The van der Waals surface area contributed by atoms with Gasteiger partial charge in [0.1, 0.15) is 10.6 Å². The second-order valence-corrected chi connectivity index (χ2v) is 14.7. The number of furan rings is 1. The molecule has 2 N–H and O–H groups in total. The van der Waals surface area contributed by atoms with Crippen LogP contribution in [-0.4, -0.2) is 58.3 Å². The Balaban J connectivity index is 2.22. The number of Topliss-reactive ketones (excluding diaryl/α,β-unsaturated/α-hetero) is 1. The van der Waals surface area contributed by atoms with Gasteiger partial charge in [-0.1, -0.05) is 32.1 Å². The monoisotopic (exact) mass is 622 g/mol. The van der Waals surface area contributed by atoms with Gasteiger partial charge in [-0.05, 0) is 63.4 Å². The zero-order valence-corrected chi connectivity index (χ0v) is 26.4. The first-order valence-electron chi connectivity index (χ1n) is 12.1. The summed E-state index contributed by atoms with van der Waals surface area (Å²) in [4.78, 5) is 41.1. The number of anilines is 1. The van der Waals surface area contributed by atoms with Crippen LogP contribution in [0.5, 0.6) is 0 Å². The fraction of sp³-hybridized carbons (Fsp3) is 0.583. The summed E-state index contributed by atoms with van der Waals surface area (Å²) in [6, 6.07) is 2.92. The van der Waals surface area contributed by atoms with Crippen molar-refractivity contribution >= 4 is 69.5 Å². The number of ether oxygens (including phenoxy) is 2. The summed E-state index contributed by atoms with van der Waals surface area (Å²) in [5, 5.41) is -0.786. The predicted molar refractivity (Wildman–Crippen MR) is 155 cm³/mol. The van der Waals surface area contributed by atoms with Crippen molar-refractivity contribution in [2.24, 2.45) is 5.41 Å². The van der Waals surface area contributed by atoms with E-state index in [0.717, 1.165) is 34.9 Å². The van der Waals surface area contributed by atoms with Crippen molar-refractivity contribution < 1.29 is 41.9 Å². The van der Waals surface area contributed by atoms with Gasteiger partial charge in [0.25, 0.3) is 0 Å². The Morgan fingerprint density at radius 2 is 1.51 bits per heavy atom. The van der Waals surface area contributed by atoms with Gasteiger partial charge in [0.2, 0.25) is 5.50 Å². The third-order valence-electron chi connectivity index (χ3n) is 4.42. The molecule has 0 atom stereocenters. The Kier molecular flexibility index (Phi) is 12.6. The molecule has 0 amide bonds. The smallest absolute Gasteiger partial charge is 0.396 e. The lowest BCUT2D eigenvalue weighted by molar-refractivity contribution is 0.0863. The van der Waals surface area contributed by atoms with Crippen molar-refractivity contribution in [3.8, 4) is 11.5 Å². The van der Waals surface area contributed by atoms with Gasteiger partial charge in [0.05, 0.1) is 25.4 Å². The van der Waals surface area contributed by atoms with Crippen molar-refractivity contribution in [3.05, 3.63) is 17.0 Å². The molecular formula is C24H35N2O9PS3. The second kappa shape index (κ2) is 14.7. The molecule has 0 radical (unpaired) electrons. The molecule has 0 aromatic carbocycles. The van der Waals surface area contributed by atoms with E-state index in [0.29, 0.717) is 4.88 Å². The van der Waals surface area contributed by atoms with E-state index in [4.69, 9.17) is 28.7 Å². The minimum Gasteiger partial charge on any atom is -0.455 e. The summed E-state index contributed by atoms with van der Waals surface area (Å²) in [7, 11) is -4.05. The SMILES string of the molecule is CC(C)OC(=O)SCCOP(=O)(OCCSC(=O)OC(C)C)c1ccc(-c2nc(N)sc2C(=O)C(C)(C)C)o1. The number of thiazole rings is 1. The number of nitrogens with zero attached hydrogens (tertiary/aromatic N) is 1. The number of rotatable bonds is 13. The van der Waals surface area contributed by atoms with E-state index in [1.807, 2.05) is 0 Å². The van der Waals surface area contributed by atoms with Gasteiger partial charge in [-0.3, -0.25) is 9.36 Å². The van der Waals surface area contributed by atoms with Gasteiger partial charge in [0, 0.05) is 16.9 Å². The van der Waals surface area contributed by atoms with Crippen LogP contribution in [0, 0.1) is 5.41 Å². The number of nitrogen functional groups attached to an aromatic ring is 1. The van der Waals surface area contributed by atoms with Gasteiger partial charge in [0.15, 0.2) is 16.7 Å². The van der Waals surface area contributed by atoms with Crippen LogP contribution in [0.1, 0.15) is 58.1 Å². The van der Waals surface area contributed by atoms with E-state index < -0.39 is 23.6 Å². The lowest BCUT2D eigenvalue weighted by Crippen LogP contribution is -2.19. The molecule has 0 spiro atoms. The fourth-order valence-electron chi connectivity index (χ4n) is 2.78. The van der Waals surface area contributed by atoms with E-state index in [1.165, 1.54) is 12.1 Å². The highest BCUT2D eigenvalue weighted by Crippen LogP contribution is 2.48. The lowest BCUT2D eigenvalue weighted by atomic mass is 9.89. The Bertz CT molecular complexity index is 1150. The summed E-state index contributed by atoms with van der Waals surface area (Å²) >= 11 is 2.78. The van der Waals surface area contributed by atoms with Crippen LogP contribution < -0.4 is 11.2 Å². The third kappa shape index (κ3) is 10.6. The summed E-state index contributed by atoms with van der Waals surface area (Å²) in [5.74, 6) is 0.294. The Morgan fingerprint density at radius 1 is 1.00 bits per heavy atom. The maximum Gasteiger partial charge on any atom is 0.396 e. The topological polar surface area (TPSA) is 157 Å². The molecule has 2 aromatic rings. The number of nitrogens with two attached hydrogens (primary N) is 1. The predicted octanol–water partition coefficient (Wildman–Crippen LogP) is 6.62. The number of carbonyl (C=O) groups excluding carboxylic acids is 3. The summed E-state index contributed by atoms with van der Waals surface area (Å²) in [5.41, 5.74) is 5.31. The highest BCUT2D eigenvalue weighted by molar-refractivity contribution is 8.13. The first-order chi connectivity index (χ1) is 18.1. The quantitative estimate of drug-likeness (QED) is 0.110. The van der Waals surface area contributed by atoms with Gasteiger partial charge in [-0.2, -0.15) is 0 Å². The number of ketones is 1. The van der Waals surface area contributed by atoms with E-state index in [-0.39, 0.29) is 64.8 Å². The lowest BCUT2D eigenvalue weighted by Gasteiger charge is -2.17. The molecule has 0 unspecified atom stereocenters. The van der Waals surface area contributed by atoms with Crippen LogP contribution in [0.3, 0.4) is 0 Å². The number of aromatic nitrogens is 1. The van der Waals surface area contributed by atoms with Crippen LogP contribution in [-0.2, 0) is 23.1 Å². The average Bonchev–Trinajstić information content (AvgIpc) is 3.45. The summed E-state index contributed by atoms with van der Waals surface area (Å²) in [6.07, 6.45) is -0.534. The molecule has 0 fully saturated rings. The molecule has 39 heavy (non-hydrogen) atoms. The van der Waals surface area contributed by atoms with Gasteiger partial charge >= 0.3 is 18.2 Å². The van der Waals surface area contributed by atoms with Crippen molar-refractivity contribution in [1.29, 1.82) is 0 Å². The van der Waals surface area contributed by atoms with Crippen LogP contribution in [0.15, 0.2) is 16.5 Å². The number of hydrogen-bond donors (Lipinski definition) is 1. The van der Waals surface area contributed by atoms with Crippen LogP contribution >= 0.6 is 42.5 Å². The molecule has 0 saturated heterocycles. The molecular weight excluding hydrogens is 587 g/mol. The molecule has 0 aliphatic rings. The molecule has 2 aromatic heterocycles. The maximum absolute atomic E-state index is 13.8. The minimum atomic E-state index is -4.05. The number of hydrogen-bond acceptors (Lipinski definition) is 14. The zero-order chi connectivity index (χ0) is 29.4. The summed E-state index contributed by atoms with van der Waals surface area (Å²) in [6.45, 7) is 12.0. The molecule has 2 heterocycles. The first kappa shape index (κ1) is 33.4. The van der Waals surface area contributed by atoms with E-state index in [1.54, 1.807) is 48.5 Å². The minimum absolute atomic E-state index is 0.120. The molecule has 2 rings (SSSR count). The molecule has 11 nitrogen and oxygen atoms in total. The fourth-order valence-corrected chi connectivity index (χ4v) is 6.66. The summed E-state index contributed by atoms with van der Waals surface area (Å²) < 4.78 is 41.0. The molecule has 0 aliphatic carbocycles. The molecule has 0 bridgehead atoms. The van der Waals surface area contributed by atoms with Crippen molar-refractivity contribution in [1.82, 2.24) is 4.98 Å². The Morgan fingerprint density at radius 3 is 1.97 bits per heavy atom. The normalized spacial score (nSPS) is 12.2. The Labute approximate surface area is 240 Å². The second-order valence-electron chi connectivity index (χ2n) is 9.64. The molecule has 0 saturated carbocycles. The number of thioether (sulfide) groups is 2. The van der Waals surface area contributed by atoms with E-state index in [9.17, 15) is 18.9 Å². The zero-order valence-electron chi connectivity index (χ0n) is 23.0. The van der Waals surface area contributed by atoms with Crippen LogP contribution in [0.25, 0.3) is 11.5 Å². The van der Waals surface area contributed by atoms with Crippen LogP contribution in [0.4, 0.5) is 14.7 Å². The van der Waals surface area contributed by atoms with Crippen LogP contribution in [0.2, 0.25) is 0 Å². The molecule has 15 heteroatoms. The third-order valence-corrected chi connectivity index (χ3v) is 8.53. The van der Waals surface area contributed by atoms with Crippen molar-refractivity contribution in [2.75, 3.05) is 30.5 Å². The first-order valence-corrected chi connectivity index (χ1v) is 16.4. The van der Waals surface area contributed by atoms with Gasteiger partial charge in [-0.15, -0.1) is 0 Å². The van der Waals surface area contributed by atoms with E-state index >= 15 is 0 Å².